The van der Waals surface area contributed by atoms with E-state index < -0.39 is 0 Å². The smallest absolute Gasteiger partial charge is 0.224 e. The predicted molar refractivity (Wildman–Crippen MR) is 94.3 cm³/mol. The van der Waals surface area contributed by atoms with E-state index in [1.165, 1.54) is 0 Å². The van der Waals surface area contributed by atoms with Crippen LogP contribution in [0.4, 0.5) is 5.82 Å². The summed E-state index contributed by atoms with van der Waals surface area (Å²) in [4.78, 5) is 19.0. The van der Waals surface area contributed by atoms with Crippen LogP contribution in [-0.4, -0.2) is 37.1 Å². The van der Waals surface area contributed by atoms with Crippen molar-refractivity contribution in [3.05, 3.63) is 54.2 Å². The number of amides is 1. The molecule has 1 N–H and O–H groups in total. The number of benzene rings is 1. The monoisotopic (exact) mass is 325 g/mol. The van der Waals surface area contributed by atoms with Crippen LogP contribution in [0.3, 0.4) is 0 Å². The number of para-hydroxylation sites is 1. The largest absolute Gasteiger partial charge is 0.496 e. The maximum atomic E-state index is 12.4. The number of pyridine rings is 1. The number of rotatable bonds is 5. The van der Waals surface area contributed by atoms with Gasteiger partial charge in [0.1, 0.15) is 11.6 Å². The van der Waals surface area contributed by atoms with Crippen LogP contribution in [0.2, 0.25) is 0 Å². The van der Waals surface area contributed by atoms with Crippen molar-refractivity contribution < 1.29 is 9.53 Å². The van der Waals surface area contributed by atoms with Crippen molar-refractivity contribution in [2.75, 3.05) is 25.1 Å². The predicted octanol–water partition coefficient (Wildman–Crippen LogP) is 2.42. The van der Waals surface area contributed by atoms with Gasteiger partial charge in [0.25, 0.3) is 0 Å². The highest BCUT2D eigenvalue weighted by Gasteiger charge is 2.22. The number of nitrogens with one attached hydrogen (secondary N) is 1. The van der Waals surface area contributed by atoms with Crippen LogP contribution >= 0.6 is 0 Å². The average molecular weight is 325 g/mol. The van der Waals surface area contributed by atoms with Crippen LogP contribution < -0.4 is 15.0 Å². The Balaban J connectivity index is 1.58. The van der Waals surface area contributed by atoms with Crippen LogP contribution in [0.25, 0.3) is 0 Å². The van der Waals surface area contributed by atoms with Crippen molar-refractivity contribution in [3.8, 4) is 5.75 Å². The molecule has 1 aliphatic rings. The molecule has 1 atom stereocenters. The number of carbonyl (C=O) groups is 1. The molecule has 1 fully saturated rings. The van der Waals surface area contributed by atoms with Crippen molar-refractivity contribution in [1.82, 2.24) is 10.3 Å². The Bertz CT molecular complexity index is 675. The van der Waals surface area contributed by atoms with Crippen LogP contribution in [0, 0.1) is 0 Å². The molecule has 1 aromatic heterocycles. The van der Waals surface area contributed by atoms with Crippen LogP contribution in [0.1, 0.15) is 18.4 Å². The molecule has 126 valence electrons. The van der Waals surface area contributed by atoms with Gasteiger partial charge in [-0.2, -0.15) is 0 Å². The van der Waals surface area contributed by atoms with Gasteiger partial charge >= 0.3 is 0 Å². The van der Waals surface area contributed by atoms with Gasteiger partial charge in [-0.15, -0.1) is 0 Å². The van der Waals surface area contributed by atoms with Gasteiger partial charge in [-0.3, -0.25) is 4.79 Å². The fourth-order valence-corrected chi connectivity index (χ4v) is 3.14. The zero-order valence-electron chi connectivity index (χ0n) is 13.9. The first-order chi connectivity index (χ1) is 11.8. The van der Waals surface area contributed by atoms with Crippen molar-refractivity contribution in [3.63, 3.8) is 0 Å². The molecule has 1 amide bonds. The Labute approximate surface area is 142 Å². The highest BCUT2D eigenvalue weighted by molar-refractivity contribution is 5.79. The molecule has 24 heavy (non-hydrogen) atoms. The molecule has 0 saturated carbocycles. The fraction of sp³-hybridized carbons (Fsp3) is 0.368. The third-order valence-corrected chi connectivity index (χ3v) is 4.30. The second kappa shape index (κ2) is 7.81. The Morgan fingerprint density at radius 1 is 1.29 bits per heavy atom. The first kappa shape index (κ1) is 16.3. The summed E-state index contributed by atoms with van der Waals surface area (Å²) in [6.07, 6.45) is 4.19. The van der Waals surface area contributed by atoms with Gasteiger partial charge in [0.2, 0.25) is 5.91 Å². The fourth-order valence-electron chi connectivity index (χ4n) is 3.14. The maximum Gasteiger partial charge on any atom is 0.224 e. The van der Waals surface area contributed by atoms with Gasteiger partial charge in [0, 0.05) is 30.9 Å². The van der Waals surface area contributed by atoms with Gasteiger partial charge in [-0.25, -0.2) is 4.98 Å². The number of carbonyl (C=O) groups excluding carboxylic acids is 1. The van der Waals surface area contributed by atoms with Gasteiger partial charge in [-0.1, -0.05) is 24.3 Å². The molecule has 0 bridgehead atoms. The zero-order valence-corrected chi connectivity index (χ0v) is 13.9. The second-order valence-corrected chi connectivity index (χ2v) is 6.03. The standard InChI is InChI=1S/C19H23N3O2/c1-24-17-9-3-2-7-15(17)13-19(23)21-16-8-6-12-22(14-16)18-10-4-5-11-20-18/h2-5,7,9-11,16H,6,8,12-14H2,1H3,(H,21,23)/t16-/m0/s1. The molecule has 0 spiro atoms. The lowest BCUT2D eigenvalue weighted by Gasteiger charge is -2.34. The Morgan fingerprint density at radius 3 is 2.92 bits per heavy atom. The van der Waals surface area contributed by atoms with E-state index in [0.29, 0.717) is 6.42 Å². The minimum absolute atomic E-state index is 0.0346. The van der Waals surface area contributed by atoms with Crippen molar-refractivity contribution >= 4 is 11.7 Å². The first-order valence-corrected chi connectivity index (χ1v) is 8.33. The summed E-state index contributed by atoms with van der Waals surface area (Å²) in [5.41, 5.74) is 0.912. The van der Waals surface area contributed by atoms with E-state index in [1.54, 1.807) is 13.3 Å². The lowest BCUT2D eigenvalue weighted by atomic mass is 10.0. The van der Waals surface area contributed by atoms with E-state index in [9.17, 15) is 4.79 Å². The van der Waals surface area contributed by atoms with E-state index >= 15 is 0 Å². The molecule has 0 radical (unpaired) electrons. The van der Waals surface area contributed by atoms with Crippen molar-refractivity contribution in [1.29, 1.82) is 0 Å². The van der Waals surface area contributed by atoms with E-state index in [2.05, 4.69) is 15.2 Å². The third kappa shape index (κ3) is 4.04. The number of methoxy groups -OCH3 is 1. The number of ether oxygens (including phenoxy) is 1. The lowest BCUT2D eigenvalue weighted by Crippen LogP contribution is -2.48. The molecular formula is C19H23N3O2. The first-order valence-electron chi connectivity index (χ1n) is 8.33. The molecule has 0 aliphatic carbocycles. The minimum Gasteiger partial charge on any atom is -0.496 e. The number of hydrogen-bond donors (Lipinski definition) is 1. The Morgan fingerprint density at radius 2 is 2.12 bits per heavy atom. The molecule has 5 heteroatoms. The number of anilines is 1. The second-order valence-electron chi connectivity index (χ2n) is 6.03. The Kier molecular flexibility index (Phi) is 5.31. The highest BCUT2D eigenvalue weighted by Crippen LogP contribution is 2.19. The number of piperidine rings is 1. The number of nitrogens with zero attached hydrogens (tertiary/aromatic N) is 2. The van der Waals surface area contributed by atoms with Gasteiger partial charge in [-0.05, 0) is 31.0 Å². The van der Waals surface area contributed by atoms with E-state index in [0.717, 1.165) is 43.1 Å². The van der Waals surface area contributed by atoms with Gasteiger partial charge < -0.3 is 15.0 Å². The molecule has 3 rings (SSSR count). The summed E-state index contributed by atoms with van der Waals surface area (Å²) in [5, 5.41) is 3.15. The normalized spacial score (nSPS) is 17.4. The summed E-state index contributed by atoms with van der Waals surface area (Å²) in [6, 6.07) is 13.7. The maximum absolute atomic E-state index is 12.4. The van der Waals surface area contributed by atoms with Crippen LogP contribution in [0.15, 0.2) is 48.7 Å². The minimum atomic E-state index is 0.0346. The van der Waals surface area contributed by atoms with Crippen molar-refractivity contribution in [2.45, 2.75) is 25.3 Å². The summed E-state index contributed by atoms with van der Waals surface area (Å²) in [6.45, 7) is 1.78. The summed E-state index contributed by atoms with van der Waals surface area (Å²) < 4.78 is 5.31. The topological polar surface area (TPSA) is 54.5 Å². The van der Waals surface area contributed by atoms with Crippen molar-refractivity contribution in [2.24, 2.45) is 0 Å². The molecule has 1 aromatic carbocycles. The molecular weight excluding hydrogens is 302 g/mol. The highest BCUT2D eigenvalue weighted by atomic mass is 16.5. The molecule has 2 aromatic rings. The van der Waals surface area contributed by atoms with E-state index in [-0.39, 0.29) is 11.9 Å². The third-order valence-electron chi connectivity index (χ3n) is 4.30. The quantitative estimate of drug-likeness (QED) is 0.917. The number of aromatic nitrogens is 1. The lowest BCUT2D eigenvalue weighted by molar-refractivity contribution is -0.121. The summed E-state index contributed by atoms with van der Waals surface area (Å²) >= 11 is 0. The average Bonchev–Trinajstić information content (AvgIpc) is 2.63. The molecule has 0 unspecified atom stereocenters. The van der Waals surface area contributed by atoms with Crippen LogP contribution in [0.5, 0.6) is 5.75 Å². The molecule has 5 nitrogen and oxygen atoms in total. The van der Waals surface area contributed by atoms with Crippen LogP contribution in [-0.2, 0) is 11.2 Å². The van der Waals surface area contributed by atoms with E-state index in [4.69, 9.17) is 4.74 Å². The summed E-state index contributed by atoms with van der Waals surface area (Å²) in [7, 11) is 1.63. The van der Waals surface area contributed by atoms with E-state index in [1.807, 2.05) is 42.5 Å². The number of hydrogen-bond acceptors (Lipinski definition) is 4. The summed E-state index contributed by atoms with van der Waals surface area (Å²) in [5.74, 6) is 1.76. The Hall–Kier alpha value is -2.56. The molecule has 1 aliphatic heterocycles. The molecule has 1 saturated heterocycles. The SMILES string of the molecule is COc1ccccc1CC(=O)N[C@H]1CCCN(c2ccccn2)C1. The molecule has 2 heterocycles. The zero-order chi connectivity index (χ0) is 16.8. The van der Waals surface area contributed by atoms with Gasteiger partial charge in [0.15, 0.2) is 0 Å². The van der Waals surface area contributed by atoms with Gasteiger partial charge in [0.05, 0.1) is 13.5 Å².